The van der Waals surface area contributed by atoms with Gasteiger partial charge in [0.1, 0.15) is 5.75 Å². The van der Waals surface area contributed by atoms with Crippen molar-refractivity contribution in [2.45, 2.75) is 19.3 Å². The number of sulfonamides is 1. The Morgan fingerprint density at radius 1 is 1.12 bits per heavy atom. The number of amides is 2. The zero-order valence-corrected chi connectivity index (χ0v) is 19.8. The van der Waals surface area contributed by atoms with Crippen LogP contribution >= 0.6 is 11.6 Å². The van der Waals surface area contributed by atoms with Crippen LogP contribution in [0.15, 0.2) is 24.3 Å². The summed E-state index contributed by atoms with van der Waals surface area (Å²) in [6, 6.07) is 7.12. The molecular weight excluding hydrogens is 458 g/mol. The number of carbonyl (C=O) groups excluding carboxylic acids is 2. The minimum absolute atomic E-state index is 0.0570. The normalized spacial score (nSPS) is 18.9. The van der Waals surface area contributed by atoms with Crippen LogP contribution < -0.4 is 9.46 Å². The summed E-state index contributed by atoms with van der Waals surface area (Å²) in [5, 5.41) is 0.569. The maximum Gasteiger partial charge on any atom is 0.237 e. The summed E-state index contributed by atoms with van der Waals surface area (Å²) in [5.41, 5.74) is -0.432. The second-order valence-corrected chi connectivity index (χ2v) is 10.7. The van der Waals surface area contributed by atoms with Crippen LogP contribution in [0.25, 0.3) is 0 Å². The first kappa shape index (κ1) is 24.8. The van der Waals surface area contributed by atoms with Crippen molar-refractivity contribution in [1.29, 1.82) is 0 Å². The summed E-state index contributed by atoms with van der Waals surface area (Å²) in [4.78, 5) is 28.9. The molecule has 11 heteroatoms. The molecule has 9 nitrogen and oxygen atoms in total. The zero-order valence-electron chi connectivity index (χ0n) is 18.2. The number of likely N-dealkylation sites (tertiary alicyclic amines) is 1. The predicted molar refractivity (Wildman–Crippen MR) is 120 cm³/mol. The molecule has 178 valence electrons. The van der Waals surface area contributed by atoms with E-state index in [1.54, 1.807) is 23.1 Å². The van der Waals surface area contributed by atoms with Gasteiger partial charge < -0.3 is 19.3 Å². The monoisotopic (exact) mass is 487 g/mol. The number of nitrogens with one attached hydrogen (secondary N) is 1. The number of hydrogen-bond donors (Lipinski definition) is 1. The Morgan fingerprint density at radius 3 is 2.41 bits per heavy atom. The minimum Gasteiger partial charge on any atom is -0.493 e. The Bertz CT molecular complexity index is 912. The number of carbonyl (C=O) groups is 2. The number of piperidine rings is 1. The highest BCUT2D eigenvalue weighted by atomic mass is 35.5. The quantitative estimate of drug-likeness (QED) is 0.589. The van der Waals surface area contributed by atoms with Gasteiger partial charge in [-0.25, -0.2) is 13.1 Å². The van der Waals surface area contributed by atoms with Crippen molar-refractivity contribution in [3.63, 3.8) is 0 Å². The summed E-state index contributed by atoms with van der Waals surface area (Å²) < 4.78 is 36.2. The number of nitrogens with zero attached hydrogens (tertiary/aromatic N) is 2. The van der Waals surface area contributed by atoms with Gasteiger partial charge in [0.05, 0.1) is 32.6 Å². The summed E-state index contributed by atoms with van der Waals surface area (Å²) in [6.07, 6.45) is 2.49. The van der Waals surface area contributed by atoms with Gasteiger partial charge in [-0.3, -0.25) is 9.59 Å². The third kappa shape index (κ3) is 7.33. The highest BCUT2D eigenvalue weighted by Crippen LogP contribution is 2.37. The maximum atomic E-state index is 13.0. The standard InChI is InChI=1S/C21H30ClN3O6S/c1-32(28,29)23-15-20(27)24-7-5-21(6-8-24,14-19(26)25-9-11-30-12-10-25)16-31-18-4-2-3-17(22)13-18/h2-4,13,23H,5-12,14-16H2,1H3. The van der Waals surface area contributed by atoms with Gasteiger partial charge in [-0.1, -0.05) is 17.7 Å². The lowest BCUT2D eigenvalue weighted by atomic mass is 9.75. The molecule has 0 atom stereocenters. The number of halogens is 1. The molecule has 0 unspecified atom stereocenters. The Hall–Kier alpha value is -1.88. The van der Waals surface area contributed by atoms with Crippen LogP contribution in [0.4, 0.5) is 0 Å². The molecule has 1 aromatic rings. The summed E-state index contributed by atoms with van der Waals surface area (Å²) in [5.74, 6) is 0.410. The number of hydrogen-bond acceptors (Lipinski definition) is 6. The Kier molecular flexibility index (Phi) is 8.37. The molecule has 0 aliphatic carbocycles. The number of rotatable bonds is 8. The van der Waals surface area contributed by atoms with Crippen molar-refractivity contribution in [3.05, 3.63) is 29.3 Å². The summed E-state index contributed by atoms with van der Waals surface area (Å²) in [6.45, 7) is 3.14. The first-order valence-electron chi connectivity index (χ1n) is 10.6. The third-order valence-corrected chi connectivity index (χ3v) is 6.80. The molecule has 1 N–H and O–H groups in total. The SMILES string of the molecule is CS(=O)(=O)NCC(=O)N1CCC(COc2cccc(Cl)c2)(CC(=O)N2CCOCC2)CC1. The van der Waals surface area contributed by atoms with E-state index < -0.39 is 15.4 Å². The fraction of sp³-hybridized carbons (Fsp3) is 0.619. The van der Waals surface area contributed by atoms with E-state index in [0.29, 0.717) is 76.0 Å². The third-order valence-electron chi connectivity index (χ3n) is 5.89. The largest absolute Gasteiger partial charge is 0.493 e. The second kappa shape index (κ2) is 10.8. The predicted octanol–water partition coefficient (Wildman–Crippen LogP) is 1.13. The van der Waals surface area contributed by atoms with E-state index in [9.17, 15) is 18.0 Å². The smallest absolute Gasteiger partial charge is 0.237 e. The van der Waals surface area contributed by atoms with Crippen molar-refractivity contribution in [3.8, 4) is 5.75 Å². The van der Waals surface area contributed by atoms with Gasteiger partial charge in [-0.2, -0.15) is 0 Å². The summed E-state index contributed by atoms with van der Waals surface area (Å²) in [7, 11) is -3.44. The molecule has 2 saturated heterocycles. The molecule has 2 aliphatic heterocycles. The van der Waals surface area contributed by atoms with E-state index in [4.69, 9.17) is 21.1 Å². The van der Waals surface area contributed by atoms with E-state index in [1.165, 1.54) is 0 Å². The molecule has 2 aliphatic rings. The fourth-order valence-corrected chi connectivity index (χ4v) is 4.51. The summed E-state index contributed by atoms with van der Waals surface area (Å²) >= 11 is 6.06. The molecule has 0 aromatic heterocycles. The second-order valence-electron chi connectivity index (χ2n) is 8.39. The molecular formula is C21H30ClN3O6S. The van der Waals surface area contributed by atoms with Crippen LogP contribution in [-0.4, -0.2) is 88.8 Å². The molecule has 32 heavy (non-hydrogen) atoms. The first-order chi connectivity index (χ1) is 15.2. The molecule has 2 amide bonds. The highest BCUT2D eigenvalue weighted by Gasteiger charge is 2.40. The van der Waals surface area contributed by atoms with Gasteiger partial charge >= 0.3 is 0 Å². The number of morpholine rings is 1. The van der Waals surface area contributed by atoms with Gasteiger partial charge in [0.15, 0.2) is 0 Å². The maximum absolute atomic E-state index is 13.0. The topological polar surface area (TPSA) is 105 Å². The Labute approximate surface area is 194 Å². The van der Waals surface area contributed by atoms with Crippen LogP contribution in [-0.2, 0) is 24.3 Å². The van der Waals surface area contributed by atoms with Gasteiger partial charge in [0, 0.05) is 43.0 Å². The highest BCUT2D eigenvalue weighted by molar-refractivity contribution is 7.88. The zero-order chi connectivity index (χ0) is 23.2. The van der Waals surface area contributed by atoms with Crippen LogP contribution in [0.3, 0.4) is 0 Å². The number of benzene rings is 1. The van der Waals surface area contributed by atoms with E-state index in [1.807, 2.05) is 11.0 Å². The molecule has 0 bridgehead atoms. The Morgan fingerprint density at radius 2 is 1.78 bits per heavy atom. The molecule has 1 aromatic carbocycles. The first-order valence-corrected chi connectivity index (χ1v) is 12.9. The fourth-order valence-electron chi connectivity index (χ4n) is 3.95. The average molecular weight is 488 g/mol. The Balaban J connectivity index is 1.65. The minimum atomic E-state index is -3.44. The van der Waals surface area contributed by atoms with Crippen molar-refractivity contribution in [1.82, 2.24) is 14.5 Å². The van der Waals surface area contributed by atoms with Crippen LogP contribution in [0.1, 0.15) is 19.3 Å². The van der Waals surface area contributed by atoms with Crippen LogP contribution in [0.5, 0.6) is 5.75 Å². The lowest BCUT2D eigenvalue weighted by Gasteiger charge is -2.42. The van der Waals surface area contributed by atoms with E-state index >= 15 is 0 Å². The van der Waals surface area contributed by atoms with Crippen molar-refractivity contribution < 1.29 is 27.5 Å². The van der Waals surface area contributed by atoms with E-state index in [0.717, 1.165) is 6.26 Å². The van der Waals surface area contributed by atoms with Crippen molar-refractivity contribution in [2.75, 3.05) is 58.8 Å². The van der Waals surface area contributed by atoms with E-state index in [-0.39, 0.29) is 18.4 Å². The molecule has 2 fully saturated rings. The molecule has 2 heterocycles. The van der Waals surface area contributed by atoms with Crippen LogP contribution in [0.2, 0.25) is 5.02 Å². The van der Waals surface area contributed by atoms with Crippen molar-refractivity contribution in [2.24, 2.45) is 5.41 Å². The van der Waals surface area contributed by atoms with Crippen LogP contribution in [0, 0.1) is 5.41 Å². The van der Waals surface area contributed by atoms with Crippen molar-refractivity contribution >= 4 is 33.4 Å². The lowest BCUT2D eigenvalue weighted by molar-refractivity contribution is -0.140. The molecule has 0 saturated carbocycles. The average Bonchev–Trinajstić information content (AvgIpc) is 2.77. The molecule has 3 rings (SSSR count). The van der Waals surface area contributed by atoms with Gasteiger partial charge in [-0.05, 0) is 31.0 Å². The molecule has 0 radical (unpaired) electrons. The van der Waals surface area contributed by atoms with E-state index in [2.05, 4.69) is 4.72 Å². The van der Waals surface area contributed by atoms with Gasteiger partial charge in [0.25, 0.3) is 0 Å². The number of ether oxygens (including phenoxy) is 2. The lowest BCUT2D eigenvalue weighted by Crippen LogP contribution is -2.50. The van der Waals surface area contributed by atoms with Gasteiger partial charge in [0.2, 0.25) is 21.8 Å². The molecule has 0 spiro atoms. The van der Waals surface area contributed by atoms with Gasteiger partial charge in [-0.15, -0.1) is 0 Å².